The highest BCUT2D eigenvalue weighted by Gasteiger charge is 2.33. The van der Waals surface area contributed by atoms with Gasteiger partial charge in [-0.15, -0.1) is 0 Å². The zero-order chi connectivity index (χ0) is 29.8. The Morgan fingerprint density at radius 1 is 1.12 bits per heavy atom. The van der Waals surface area contributed by atoms with E-state index in [1.165, 1.54) is 28.9 Å². The van der Waals surface area contributed by atoms with Crippen LogP contribution in [0.5, 0.6) is 0 Å². The lowest BCUT2D eigenvalue weighted by Crippen LogP contribution is -2.51. The number of aromatic nitrogens is 2. The molecule has 2 amide bonds. The zero-order valence-electron chi connectivity index (χ0n) is 22.7. The standard InChI is InChI=1S/C28H31N7O6/c1-16(2)25-21-14-33(12-11-22(21)32-34(25)15-24(36)37)28(39)23(13-17-3-9-20(10-4-17)35(40)41)31-27(38)19-7-5-18(6-8-19)26(29)30/h3-10,16,23H,11-15H2,1-2H3,(H3,29,30)(H,31,38)(H,36,37)/t23-/m0/s1. The number of nitrogen functional groups attached to an aromatic ring is 1. The summed E-state index contributed by atoms with van der Waals surface area (Å²) >= 11 is 0. The highest BCUT2D eigenvalue weighted by atomic mass is 16.6. The third-order valence-corrected chi connectivity index (χ3v) is 6.94. The fraction of sp³-hybridized carbons (Fsp3) is 0.321. The summed E-state index contributed by atoms with van der Waals surface area (Å²) in [6.07, 6.45) is 0.519. The summed E-state index contributed by atoms with van der Waals surface area (Å²) in [5, 5.41) is 35.3. The van der Waals surface area contributed by atoms with E-state index >= 15 is 0 Å². The van der Waals surface area contributed by atoms with Crippen LogP contribution in [0, 0.1) is 15.5 Å². The maximum Gasteiger partial charge on any atom is 0.325 e. The summed E-state index contributed by atoms with van der Waals surface area (Å²) in [6, 6.07) is 10.9. The van der Waals surface area contributed by atoms with Crippen molar-refractivity contribution in [2.75, 3.05) is 6.54 Å². The largest absolute Gasteiger partial charge is 0.480 e. The minimum absolute atomic E-state index is 0.0331. The molecule has 0 aliphatic carbocycles. The topological polar surface area (TPSA) is 198 Å². The van der Waals surface area contributed by atoms with E-state index in [0.29, 0.717) is 24.1 Å². The number of nitro benzene ring substituents is 1. The van der Waals surface area contributed by atoms with Crippen molar-refractivity contribution in [2.24, 2.45) is 5.73 Å². The van der Waals surface area contributed by atoms with Crippen LogP contribution in [0.25, 0.3) is 0 Å². The van der Waals surface area contributed by atoms with Gasteiger partial charge >= 0.3 is 5.97 Å². The van der Waals surface area contributed by atoms with Crippen LogP contribution in [0.1, 0.15) is 58.2 Å². The van der Waals surface area contributed by atoms with Crippen LogP contribution in [0.3, 0.4) is 0 Å². The molecule has 1 aliphatic rings. The summed E-state index contributed by atoms with van der Waals surface area (Å²) in [5.41, 5.74) is 9.07. The number of benzene rings is 2. The number of carboxylic acid groups (broad SMARTS) is 1. The van der Waals surface area contributed by atoms with Crippen molar-refractivity contribution >= 4 is 29.3 Å². The molecule has 5 N–H and O–H groups in total. The van der Waals surface area contributed by atoms with Gasteiger partial charge in [-0.2, -0.15) is 5.10 Å². The molecule has 2 aromatic carbocycles. The second-order valence-electron chi connectivity index (χ2n) is 10.2. The smallest absolute Gasteiger partial charge is 0.325 e. The number of carbonyl (C=O) groups excluding carboxylic acids is 2. The molecule has 1 aliphatic heterocycles. The first-order chi connectivity index (χ1) is 19.4. The van der Waals surface area contributed by atoms with Crippen LogP contribution >= 0.6 is 0 Å². The number of non-ortho nitro benzene ring substituents is 1. The molecule has 3 aromatic rings. The Balaban J connectivity index is 1.61. The van der Waals surface area contributed by atoms with E-state index in [0.717, 1.165) is 17.0 Å². The van der Waals surface area contributed by atoms with E-state index in [4.69, 9.17) is 11.1 Å². The fourth-order valence-corrected chi connectivity index (χ4v) is 4.98. The van der Waals surface area contributed by atoms with Crippen LogP contribution in [-0.4, -0.2) is 60.9 Å². The Bertz CT molecular complexity index is 1500. The molecular formula is C28H31N7O6. The van der Waals surface area contributed by atoms with Gasteiger partial charge in [-0.05, 0) is 23.6 Å². The molecule has 1 atom stereocenters. The van der Waals surface area contributed by atoms with Gasteiger partial charge in [0.2, 0.25) is 5.91 Å². The summed E-state index contributed by atoms with van der Waals surface area (Å²) in [5.74, 6) is -2.03. The molecule has 0 saturated heterocycles. The molecule has 0 bridgehead atoms. The number of nitrogens with one attached hydrogen (secondary N) is 2. The van der Waals surface area contributed by atoms with Crippen LogP contribution < -0.4 is 11.1 Å². The number of rotatable bonds is 10. The molecule has 13 nitrogen and oxygen atoms in total. The number of fused-ring (bicyclic) bond motifs is 1. The van der Waals surface area contributed by atoms with Crippen LogP contribution in [0.2, 0.25) is 0 Å². The number of carbonyl (C=O) groups is 3. The first-order valence-electron chi connectivity index (χ1n) is 13.0. The summed E-state index contributed by atoms with van der Waals surface area (Å²) in [4.78, 5) is 50.7. The van der Waals surface area contributed by atoms with Crippen molar-refractivity contribution in [1.29, 1.82) is 5.41 Å². The van der Waals surface area contributed by atoms with E-state index < -0.39 is 22.8 Å². The van der Waals surface area contributed by atoms with Gasteiger partial charge in [0.25, 0.3) is 11.6 Å². The number of nitrogens with zero attached hydrogens (tertiary/aromatic N) is 4. The Hall–Kier alpha value is -5.07. The monoisotopic (exact) mass is 561 g/mol. The SMILES string of the molecule is CC(C)c1c2c(nn1CC(=O)O)CCN(C(=O)[C@H](Cc1ccc([N+](=O)[O-])cc1)NC(=O)c1ccc(C(=N)N)cc1)C2. The van der Waals surface area contributed by atoms with Crippen molar-refractivity contribution in [3.8, 4) is 0 Å². The van der Waals surface area contributed by atoms with Gasteiger partial charge < -0.3 is 21.1 Å². The Labute approximate surface area is 235 Å². The fourth-order valence-electron chi connectivity index (χ4n) is 4.98. The maximum atomic E-state index is 13.9. The van der Waals surface area contributed by atoms with Gasteiger partial charge in [0.1, 0.15) is 18.4 Å². The Morgan fingerprint density at radius 2 is 1.76 bits per heavy atom. The van der Waals surface area contributed by atoms with Gasteiger partial charge in [0.05, 0.1) is 10.6 Å². The molecule has 0 fully saturated rings. The normalized spacial score (nSPS) is 13.4. The van der Waals surface area contributed by atoms with E-state index in [2.05, 4.69) is 10.4 Å². The molecule has 0 saturated carbocycles. The molecule has 4 rings (SSSR count). The van der Waals surface area contributed by atoms with E-state index in [1.807, 2.05) is 13.8 Å². The van der Waals surface area contributed by atoms with Gasteiger partial charge in [0, 0.05) is 60.4 Å². The van der Waals surface area contributed by atoms with Crippen molar-refractivity contribution in [3.05, 3.63) is 92.3 Å². The van der Waals surface area contributed by atoms with Gasteiger partial charge in [0.15, 0.2) is 0 Å². The van der Waals surface area contributed by atoms with Gasteiger partial charge in [-0.3, -0.25) is 34.6 Å². The Kier molecular flexibility index (Phi) is 8.45. The van der Waals surface area contributed by atoms with Crippen LogP contribution in [0.15, 0.2) is 48.5 Å². The molecule has 41 heavy (non-hydrogen) atoms. The predicted molar refractivity (Wildman–Crippen MR) is 149 cm³/mol. The number of hydrogen-bond donors (Lipinski definition) is 4. The quantitative estimate of drug-likeness (QED) is 0.125. The van der Waals surface area contributed by atoms with Crippen molar-refractivity contribution < 1.29 is 24.4 Å². The lowest BCUT2D eigenvalue weighted by atomic mass is 9.97. The molecule has 0 unspecified atom stereocenters. The zero-order valence-corrected chi connectivity index (χ0v) is 22.7. The van der Waals surface area contributed by atoms with E-state index in [-0.39, 0.29) is 48.4 Å². The minimum Gasteiger partial charge on any atom is -0.480 e. The molecule has 13 heteroatoms. The second-order valence-corrected chi connectivity index (χ2v) is 10.2. The molecule has 1 aromatic heterocycles. The lowest BCUT2D eigenvalue weighted by molar-refractivity contribution is -0.384. The highest BCUT2D eigenvalue weighted by Crippen LogP contribution is 2.28. The van der Waals surface area contributed by atoms with Crippen molar-refractivity contribution in [3.63, 3.8) is 0 Å². The minimum atomic E-state index is -1.01. The number of nitro groups is 1. The lowest BCUT2D eigenvalue weighted by Gasteiger charge is -2.31. The summed E-state index contributed by atoms with van der Waals surface area (Å²) < 4.78 is 1.48. The second kappa shape index (κ2) is 12.0. The van der Waals surface area contributed by atoms with Gasteiger partial charge in [-0.25, -0.2) is 0 Å². The molecular weight excluding hydrogens is 530 g/mol. The molecule has 0 radical (unpaired) electrons. The number of aliphatic carboxylic acids is 1. The predicted octanol–water partition coefficient (Wildman–Crippen LogP) is 2.21. The third kappa shape index (κ3) is 6.57. The molecule has 214 valence electrons. The van der Waals surface area contributed by atoms with Gasteiger partial charge in [-0.1, -0.05) is 38.1 Å². The maximum absolute atomic E-state index is 13.9. The third-order valence-electron chi connectivity index (χ3n) is 6.94. The van der Waals surface area contributed by atoms with Crippen molar-refractivity contribution in [1.82, 2.24) is 20.0 Å². The number of hydrogen-bond acceptors (Lipinski definition) is 7. The molecule has 2 heterocycles. The van der Waals surface area contributed by atoms with Crippen LogP contribution in [0.4, 0.5) is 5.69 Å². The average Bonchev–Trinajstić information content (AvgIpc) is 3.29. The Morgan fingerprint density at radius 3 is 2.32 bits per heavy atom. The number of nitrogens with two attached hydrogens (primary N) is 1. The molecule has 0 spiro atoms. The number of amidine groups is 1. The highest BCUT2D eigenvalue weighted by molar-refractivity contribution is 5.99. The first kappa shape index (κ1) is 28.9. The number of amides is 2. The average molecular weight is 562 g/mol. The van der Waals surface area contributed by atoms with Crippen molar-refractivity contribution in [2.45, 2.75) is 51.7 Å². The number of carboxylic acids is 1. The van der Waals surface area contributed by atoms with E-state index in [1.54, 1.807) is 29.2 Å². The first-order valence-corrected chi connectivity index (χ1v) is 13.0. The summed E-state index contributed by atoms with van der Waals surface area (Å²) in [7, 11) is 0. The van der Waals surface area contributed by atoms with Crippen LogP contribution in [-0.2, 0) is 35.5 Å². The summed E-state index contributed by atoms with van der Waals surface area (Å²) in [6.45, 7) is 4.13. The van der Waals surface area contributed by atoms with E-state index in [9.17, 15) is 29.6 Å².